The first-order valence-corrected chi connectivity index (χ1v) is 11.2. The van der Waals surface area contributed by atoms with E-state index >= 15 is 0 Å². The lowest BCUT2D eigenvalue weighted by Crippen LogP contribution is -2.25. The highest BCUT2D eigenvalue weighted by Gasteiger charge is 2.31. The minimum atomic E-state index is -3.80. The Morgan fingerprint density at radius 2 is 1.54 bits per heavy atom. The van der Waals surface area contributed by atoms with E-state index in [1.54, 1.807) is 54.6 Å². The van der Waals surface area contributed by atoms with Gasteiger partial charge in [-0.3, -0.25) is 0 Å². The van der Waals surface area contributed by atoms with Crippen LogP contribution in [0.1, 0.15) is 25.7 Å². The molecule has 1 aliphatic rings. The number of benzene rings is 2. The summed E-state index contributed by atoms with van der Waals surface area (Å²) in [5, 5.41) is 0.575. The number of anilines is 1. The average Bonchev–Trinajstić information content (AvgIpc) is 2.99. The van der Waals surface area contributed by atoms with Gasteiger partial charge in [0.2, 0.25) is 26.6 Å². The molecule has 1 aliphatic heterocycles. The van der Waals surface area contributed by atoms with Crippen LogP contribution in [0.2, 0.25) is 5.02 Å². The molecule has 0 spiro atoms. The number of rotatable bonds is 4. The number of halogens is 1. The lowest BCUT2D eigenvalue weighted by molar-refractivity contribution is 0.543. The van der Waals surface area contributed by atoms with E-state index in [1.807, 2.05) is 4.90 Å². The molecule has 0 N–H and O–H groups in total. The highest BCUT2D eigenvalue weighted by molar-refractivity contribution is 7.91. The number of sulfone groups is 1. The maximum Gasteiger partial charge on any atom is 0.236 e. The third kappa shape index (κ3) is 3.80. The number of aromatic nitrogens is 1. The van der Waals surface area contributed by atoms with Gasteiger partial charge in [-0.05, 0) is 49.2 Å². The zero-order valence-corrected chi connectivity index (χ0v) is 16.9. The van der Waals surface area contributed by atoms with Gasteiger partial charge in [0.05, 0.1) is 4.90 Å². The van der Waals surface area contributed by atoms with Gasteiger partial charge in [0.1, 0.15) is 0 Å². The fourth-order valence-corrected chi connectivity index (χ4v) is 4.84. The molecule has 5 nitrogen and oxygen atoms in total. The number of hydrogen-bond acceptors (Lipinski definition) is 5. The average molecular weight is 417 g/mol. The number of nitrogens with zero attached hydrogens (tertiary/aromatic N) is 2. The molecule has 28 heavy (non-hydrogen) atoms. The smallest absolute Gasteiger partial charge is 0.236 e. The Balaban J connectivity index is 1.84. The fraction of sp³-hybridized carbons (Fsp3) is 0.286. The Morgan fingerprint density at radius 3 is 2.18 bits per heavy atom. The molecule has 0 unspecified atom stereocenters. The van der Waals surface area contributed by atoms with Crippen molar-refractivity contribution >= 4 is 27.3 Å². The largest absolute Gasteiger partial charge is 0.419 e. The quantitative estimate of drug-likeness (QED) is 0.584. The SMILES string of the molecule is O=S(=O)(c1ccccc1)c1nc(-c2ccc(Cl)cc2)oc1N1CCCCCC1. The molecule has 1 saturated heterocycles. The summed E-state index contributed by atoms with van der Waals surface area (Å²) in [4.78, 5) is 6.64. The van der Waals surface area contributed by atoms with Crippen LogP contribution in [0.5, 0.6) is 0 Å². The number of oxazole rings is 1. The minimum absolute atomic E-state index is 0.0226. The van der Waals surface area contributed by atoms with Crippen LogP contribution < -0.4 is 4.90 Å². The van der Waals surface area contributed by atoms with Crippen molar-refractivity contribution in [2.24, 2.45) is 0 Å². The molecule has 0 atom stereocenters. The topological polar surface area (TPSA) is 63.4 Å². The van der Waals surface area contributed by atoms with Gasteiger partial charge in [-0.2, -0.15) is 4.98 Å². The van der Waals surface area contributed by atoms with Gasteiger partial charge in [-0.15, -0.1) is 0 Å². The second-order valence-corrected chi connectivity index (χ2v) is 9.16. The van der Waals surface area contributed by atoms with Crippen molar-refractivity contribution in [3.05, 3.63) is 59.6 Å². The van der Waals surface area contributed by atoms with Crippen molar-refractivity contribution in [3.63, 3.8) is 0 Å². The fourth-order valence-electron chi connectivity index (χ4n) is 3.37. The van der Waals surface area contributed by atoms with Gasteiger partial charge in [-0.25, -0.2) is 8.42 Å². The van der Waals surface area contributed by atoms with Gasteiger partial charge in [0.25, 0.3) is 0 Å². The van der Waals surface area contributed by atoms with Crippen LogP contribution >= 0.6 is 11.6 Å². The van der Waals surface area contributed by atoms with E-state index in [4.69, 9.17) is 16.0 Å². The lowest BCUT2D eigenvalue weighted by Gasteiger charge is -2.20. The van der Waals surface area contributed by atoms with Crippen LogP contribution in [0.3, 0.4) is 0 Å². The van der Waals surface area contributed by atoms with Gasteiger partial charge in [0, 0.05) is 23.7 Å². The molecule has 0 radical (unpaired) electrons. The molecule has 2 heterocycles. The third-order valence-electron chi connectivity index (χ3n) is 4.87. The van der Waals surface area contributed by atoms with Crippen LogP contribution in [-0.2, 0) is 9.84 Å². The van der Waals surface area contributed by atoms with Gasteiger partial charge >= 0.3 is 0 Å². The number of hydrogen-bond donors (Lipinski definition) is 0. The molecule has 7 heteroatoms. The van der Waals surface area contributed by atoms with E-state index in [0.717, 1.165) is 38.8 Å². The van der Waals surface area contributed by atoms with E-state index in [2.05, 4.69) is 4.98 Å². The first kappa shape index (κ1) is 19.0. The van der Waals surface area contributed by atoms with Crippen molar-refractivity contribution < 1.29 is 12.8 Å². The molecule has 0 saturated carbocycles. The first-order valence-electron chi connectivity index (χ1n) is 9.37. The molecule has 0 bridgehead atoms. The first-order chi connectivity index (χ1) is 13.6. The monoisotopic (exact) mass is 416 g/mol. The predicted octanol–water partition coefficient (Wildman–Crippen LogP) is 5.21. The van der Waals surface area contributed by atoms with Crippen molar-refractivity contribution in [1.82, 2.24) is 4.98 Å². The summed E-state index contributed by atoms with van der Waals surface area (Å²) in [6.07, 6.45) is 4.27. The van der Waals surface area contributed by atoms with E-state index in [1.165, 1.54) is 0 Å². The summed E-state index contributed by atoms with van der Waals surface area (Å²) in [7, 11) is -3.80. The van der Waals surface area contributed by atoms with Crippen LogP contribution in [0.4, 0.5) is 5.88 Å². The van der Waals surface area contributed by atoms with Crippen LogP contribution in [0, 0.1) is 0 Å². The van der Waals surface area contributed by atoms with Crippen LogP contribution in [0.25, 0.3) is 11.5 Å². The summed E-state index contributed by atoms with van der Waals surface area (Å²) in [5.74, 6) is 0.612. The summed E-state index contributed by atoms with van der Waals surface area (Å²) in [6.45, 7) is 1.51. The van der Waals surface area contributed by atoms with Crippen LogP contribution in [-0.4, -0.2) is 26.5 Å². The second-order valence-electron chi connectivity index (χ2n) is 6.85. The van der Waals surface area contributed by atoms with E-state index in [9.17, 15) is 8.42 Å². The Morgan fingerprint density at radius 1 is 0.893 bits per heavy atom. The van der Waals surface area contributed by atoms with Crippen molar-refractivity contribution in [2.45, 2.75) is 35.6 Å². The van der Waals surface area contributed by atoms with Gasteiger partial charge < -0.3 is 9.32 Å². The molecular weight excluding hydrogens is 396 g/mol. The van der Waals surface area contributed by atoms with E-state index in [-0.39, 0.29) is 15.8 Å². The Hall–Kier alpha value is -2.31. The minimum Gasteiger partial charge on any atom is -0.419 e. The second kappa shape index (κ2) is 7.97. The zero-order chi connectivity index (χ0) is 19.6. The summed E-state index contributed by atoms with van der Waals surface area (Å²) in [5.41, 5.74) is 0.690. The molecule has 146 valence electrons. The highest BCUT2D eigenvalue weighted by atomic mass is 35.5. The molecule has 1 fully saturated rings. The summed E-state index contributed by atoms with van der Waals surface area (Å²) >= 11 is 5.97. The van der Waals surface area contributed by atoms with Crippen molar-refractivity contribution in [1.29, 1.82) is 0 Å². The molecule has 3 aromatic rings. The Kier molecular flexibility index (Phi) is 5.42. The lowest BCUT2D eigenvalue weighted by atomic mass is 10.2. The zero-order valence-electron chi connectivity index (χ0n) is 15.3. The van der Waals surface area contributed by atoms with E-state index < -0.39 is 9.84 Å². The van der Waals surface area contributed by atoms with E-state index in [0.29, 0.717) is 16.5 Å². The normalized spacial score (nSPS) is 15.4. The molecule has 2 aromatic carbocycles. The van der Waals surface area contributed by atoms with Crippen molar-refractivity contribution in [2.75, 3.05) is 18.0 Å². The molecule has 0 aliphatic carbocycles. The predicted molar refractivity (Wildman–Crippen MR) is 110 cm³/mol. The van der Waals surface area contributed by atoms with Crippen molar-refractivity contribution in [3.8, 4) is 11.5 Å². The molecule has 4 rings (SSSR count). The van der Waals surface area contributed by atoms with Crippen LogP contribution in [0.15, 0.2) is 68.9 Å². The molecule has 1 aromatic heterocycles. The molecule has 0 amide bonds. The summed E-state index contributed by atoms with van der Waals surface area (Å²) < 4.78 is 32.7. The maximum atomic E-state index is 13.3. The Labute approximate surface area is 169 Å². The maximum absolute atomic E-state index is 13.3. The summed E-state index contributed by atoms with van der Waals surface area (Å²) in [6, 6.07) is 15.4. The highest BCUT2D eigenvalue weighted by Crippen LogP contribution is 2.35. The van der Waals surface area contributed by atoms with Gasteiger partial charge in [0.15, 0.2) is 0 Å². The third-order valence-corrected chi connectivity index (χ3v) is 6.79. The van der Waals surface area contributed by atoms with Gasteiger partial charge in [-0.1, -0.05) is 42.6 Å². The Bertz CT molecular complexity index is 1040. The molecular formula is C21H21ClN2O3S. The standard InChI is InChI=1S/C21H21ClN2O3S/c22-17-12-10-16(11-13-17)19-23-20(28(25,26)18-8-4-3-5-9-18)21(27-19)24-14-6-1-2-7-15-24/h3-5,8-13H,1-2,6-7,14-15H2.